The Kier molecular flexibility index (Phi) is 4.12. The number of rotatable bonds is 4. The Hall–Kier alpha value is -1.53. The summed E-state index contributed by atoms with van der Waals surface area (Å²) in [6, 6.07) is 8.16. The molecule has 1 saturated heterocycles. The molecule has 1 amide bonds. The Balaban J connectivity index is 1.54. The summed E-state index contributed by atoms with van der Waals surface area (Å²) in [5.74, 6) is 0.724. The lowest BCUT2D eigenvalue weighted by atomic mass is 9.43. The van der Waals surface area contributed by atoms with Gasteiger partial charge >= 0.3 is 13.2 Å². The minimum atomic E-state index is -1.04. The van der Waals surface area contributed by atoms with Crippen molar-refractivity contribution in [2.45, 2.75) is 64.6 Å². The molecule has 5 rings (SSSR count). The first-order chi connectivity index (χ1) is 12.2. The monoisotopic (exact) mass is 357 g/mol. The van der Waals surface area contributed by atoms with E-state index in [1.807, 2.05) is 31.2 Å². The van der Waals surface area contributed by atoms with Crippen molar-refractivity contribution in [1.82, 2.24) is 5.32 Å². The molecular formula is C20H28BNO4. The second kappa shape index (κ2) is 5.99. The third kappa shape index (κ3) is 2.74. The molecule has 3 aliphatic carbocycles. The van der Waals surface area contributed by atoms with E-state index in [-0.39, 0.29) is 17.1 Å². The molecule has 6 heteroatoms. The third-order valence-electron chi connectivity index (χ3n) is 7.18. The van der Waals surface area contributed by atoms with Gasteiger partial charge in [-0.05, 0) is 55.9 Å². The predicted octanol–water partition coefficient (Wildman–Crippen LogP) is 3.44. The first kappa shape index (κ1) is 17.9. The molecule has 0 unspecified atom stereocenters. The molecule has 5 atom stereocenters. The number of benzene rings is 1. The van der Waals surface area contributed by atoms with E-state index >= 15 is 0 Å². The maximum Gasteiger partial charge on any atom is 0.482 e. The second-order valence-corrected chi connectivity index (χ2v) is 9.08. The molecule has 1 heterocycles. The van der Waals surface area contributed by atoms with E-state index in [1.165, 1.54) is 12.0 Å². The van der Waals surface area contributed by atoms with Gasteiger partial charge in [-0.25, -0.2) is 4.79 Å². The standard InChI is InChI=1S/C20H28BNO4/c1-12-5-7-13(8-6-12)9-17(22-18(23)24)21-25-16-11-14-10-15(19(14,2)3)20(16,4)26-21/h5-8,14-17,22H,9-11H2,1-4H3,(H,23,24)/t14-,15-,16+,17-,20-/m0/s1. The molecule has 1 aromatic rings. The van der Waals surface area contributed by atoms with Gasteiger partial charge in [0.15, 0.2) is 0 Å². The molecule has 2 N–H and O–H groups in total. The van der Waals surface area contributed by atoms with Gasteiger partial charge in [-0.2, -0.15) is 0 Å². The zero-order chi connectivity index (χ0) is 18.7. The minimum Gasteiger partial charge on any atom is -0.465 e. The maximum atomic E-state index is 11.4. The van der Waals surface area contributed by atoms with Crippen molar-refractivity contribution >= 4 is 13.2 Å². The summed E-state index contributed by atoms with van der Waals surface area (Å²) in [6.07, 6.45) is 1.75. The number of hydrogen-bond donors (Lipinski definition) is 2. The summed E-state index contributed by atoms with van der Waals surface area (Å²) in [5.41, 5.74) is 2.21. The van der Waals surface area contributed by atoms with Crippen LogP contribution in [0.1, 0.15) is 44.7 Å². The van der Waals surface area contributed by atoms with Crippen molar-refractivity contribution in [2.24, 2.45) is 17.3 Å². The molecule has 0 aromatic heterocycles. The van der Waals surface area contributed by atoms with Crippen molar-refractivity contribution in [3.05, 3.63) is 35.4 Å². The van der Waals surface area contributed by atoms with Crippen LogP contribution in [-0.4, -0.2) is 36.0 Å². The van der Waals surface area contributed by atoms with Crippen LogP contribution in [0.25, 0.3) is 0 Å². The van der Waals surface area contributed by atoms with Gasteiger partial charge in [-0.1, -0.05) is 43.7 Å². The Morgan fingerprint density at radius 1 is 1.31 bits per heavy atom. The van der Waals surface area contributed by atoms with Gasteiger partial charge < -0.3 is 19.7 Å². The fraction of sp³-hybridized carbons (Fsp3) is 0.650. The lowest BCUT2D eigenvalue weighted by molar-refractivity contribution is -0.199. The van der Waals surface area contributed by atoms with Gasteiger partial charge in [0.2, 0.25) is 0 Å². The molecule has 5 nitrogen and oxygen atoms in total. The highest BCUT2D eigenvalue weighted by molar-refractivity contribution is 6.47. The van der Waals surface area contributed by atoms with E-state index in [2.05, 4.69) is 26.1 Å². The van der Waals surface area contributed by atoms with E-state index in [0.29, 0.717) is 18.3 Å². The minimum absolute atomic E-state index is 0.0559. The zero-order valence-corrected chi connectivity index (χ0v) is 16.0. The van der Waals surface area contributed by atoms with E-state index < -0.39 is 19.2 Å². The van der Waals surface area contributed by atoms with E-state index in [0.717, 1.165) is 12.0 Å². The summed E-state index contributed by atoms with van der Waals surface area (Å²) in [4.78, 5) is 11.4. The van der Waals surface area contributed by atoms with Crippen molar-refractivity contribution in [3.63, 3.8) is 0 Å². The highest BCUT2D eigenvalue weighted by atomic mass is 16.7. The Morgan fingerprint density at radius 3 is 2.62 bits per heavy atom. The van der Waals surface area contributed by atoms with Crippen LogP contribution in [0.3, 0.4) is 0 Å². The Morgan fingerprint density at radius 2 is 2.00 bits per heavy atom. The summed E-state index contributed by atoms with van der Waals surface area (Å²) in [6.45, 7) is 8.84. The van der Waals surface area contributed by atoms with Crippen LogP contribution < -0.4 is 5.32 Å². The zero-order valence-electron chi connectivity index (χ0n) is 16.0. The summed E-state index contributed by atoms with van der Waals surface area (Å²) in [7, 11) is -0.544. The SMILES string of the molecule is Cc1ccc(C[C@H](NC(=O)O)B2O[C@@H]3C[C@@H]4C[C@@H](C4(C)C)[C@]3(C)O2)cc1. The average Bonchev–Trinajstić information content (AvgIpc) is 2.92. The Labute approximate surface area is 155 Å². The van der Waals surface area contributed by atoms with Gasteiger partial charge in [0.25, 0.3) is 0 Å². The number of nitrogens with one attached hydrogen (secondary N) is 1. The largest absolute Gasteiger partial charge is 0.482 e. The topological polar surface area (TPSA) is 67.8 Å². The summed E-state index contributed by atoms with van der Waals surface area (Å²) in [5, 5.41) is 11.9. The van der Waals surface area contributed by atoms with E-state index in [4.69, 9.17) is 9.31 Å². The molecule has 0 spiro atoms. The molecule has 140 valence electrons. The van der Waals surface area contributed by atoms with Crippen LogP contribution in [-0.2, 0) is 15.7 Å². The summed E-state index contributed by atoms with van der Waals surface area (Å²) >= 11 is 0. The number of carbonyl (C=O) groups is 1. The fourth-order valence-electron chi connectivity index (χ4n) is 5.42. The highest BCUT2D eigenvalue weighted by Crippen LogP contribution is 2.65. The third-order valence-corrected chi connectivity index (χ3v) is 7.18. The van der Waals surface area contributed by atoms with E-state index in [1.54, 1.807) is 0 Å². The van der Waals surface area contributed by atoms with Crippen LogP contribution in [0.5, 0.6) is 0 Å². The van der Waals surface area contributed by atoms with Gasteiger partial charge in [-0.3, -0.25) is 0 Å². The van der Waals surface area contributed by atoms with Crippen molar-refractivity contribution in [3.8, 4) is 0 Å². The normalized spacial score (nSPS) is 35.4. The molecular weight excluding hydrogens is 329 g/mol. The van der Waals surface area contributed by atoms with Crippen molar-refractivity contribution < 1.29 is 19.2 Å². The lowest BCUT2D eigenvalue weighted by Crippen LogP contribution is -2.65. The quantitative estimate of drug-likeness (QED) is 0.810. The molecule has 26 heavy (non-hydrogen) atoms. The lowest BCUT2D eigenvalue weighted by Gasteiger charge is -2.64. The second-order valence-electron chi connectivity index (χ2n) is 9.08. The molecule has 4 aliphatic rings. The van der Waals surface area contributed by atoms with Crippen LogP contribution >= 0.6 is 0 Å². The van der Waals surface area contributed by atoms with Crippen LogP contribution in [0.15, 0.2) is 24.3 Å². The first-order valence-corrected chi connectivity index (χ1v) is 9.58. The first-order valence-electron chi connectivity index (χ1n) is 9.58. The molecule has 3 saturated carbocycles. The van der Waals surface area contributed by atoms with Gasteiger partial charge in [0.05, 0.1) is 17.6 Å². The van der Waals surface area contributed by atoms with Crippen molar-refractivity contribution in [2.75, 3.05) is 0 Å². The summed E-state index contributed by atoms with van der Waals surface area (Å²) < 4.78 is 12.7. The molecule has 0 radical (unpaired) electrons. The van der Waals surface area contributed by atoms with Crippen LogP contribution in [0.2, 0.25) is 0 Å². The molecule has 2 bridgehead atoms. The highest BCUT2D eigenvalue weighted by Gasteiger charge is 2.68. The predicted molar refractivity (Wildman–Crippen MR) is 99.9 cm³/mol. The fourth-order valence-corrected chi connectivity index (χ4v) is 5.42. The average molecular weight is 357 g/mol. The van der Waals surface area contributed by atoms with Gasteiger partial charge in [0, 0.05) is 0 Å². The number of carboxylic acid groups (broad SMARTS) is 1. The smallest absolute Gasteiger partial charge is 0.465 e. The molecule has 1 aliphatic heterocycles. The van der Waals surface area contributed by atoms with Crippen LogP contribution in [0.4, 0.5) is 4.79 Å². The van der Waals surface area contributed by atoms with Crippen molar-refractivity contribution in [1.29, 1.82) is 0 Å². The maximum absolute atomic E-state index is 11.4. The number of hydrogen-bond acceptors (Lipinski definition) is 3. The van der Waals surface area contributed by atoms with Gasteiger partial charge in [-0.15, -0.1) is 0 Å². The van der Waals surface area contributed by atoms with Crippen LogP contribution in [0, 0.1) is 24.2 Å². The molecule has 4 fully saturated rings. The Bertz CT molecular complexity index is 706. The molecule has 1 aromatic carbocycles. The van der Waals surface area contributed by atoms with E-state index in [9.17, 15) is 9.90 Å². The number of amides is 1. The number of aryl methyl sites for hydroxylation is 1. The van der Waals surface area contributed by atoms with Gasteiger partial charge in [0.1, 0.15) is 0 Å².